The van der Waals surface area contributed by atoms with Crippen LogP contribution in [0.15, 0.2) is 71.0 Å². The highest BCUT2D eigenvalue weighted by Crippen LogP contribution is 2.36. The van der Waals surface area contributed by atoms with Crippen molar-refractivity contribution >= 4 is 28.3 Å². The zero-order valence-corrected chi connectivity index (χ0v) is 17.5. The Morgan fingerprint density at radius 2 is 1.94 bits per heavy atom. The number of amides is 1. The van der Waals surface area contributed by atoms with Crippen LogP contribution in [-0.4, -0.2) is 43.7 Å². The number of hydrogen-bond acceptors (Lipinski definition) is 7. The minimum absolute atomic E-state index is 0.0504. The number of nitrogens with two attached hydrogens (primary N) is 1. The van der Waals surface area contributed by atoms with E-state index >= 15 is 0 Å². The molecule has 1 amide bonds. The normalized spacial score (nSPS) is 18.2. The molecule has 0 fully saturated rings. The van der Waals surface area contributed by atoms with Gasteiger partial charge in [-0.15, -0.1) is 0 Å². The molecule has 4 rings (SSSR count). The van der Waals surface area contributed by atoms with E-state index in [4.69, 9.17) is 29.5 Å². The van der Waals surface area contributed by atoms with Gasteiger partial charge in [0.2, 0.25) is 6.29 Å². The van der Waals surface area contributed by atoms with E-state index in [1.165, 1.54) is 0 Å². The van der Waals surface area contributed by atoms with E-state index in [0.717, 1.165) is 16.5 Å². The number of nitrogen functional groups attached to an aromatic ring is 1. The smallest absolute Gasteiger partial charge is 0.290 e. The summed E-state index contributed by atoms with van der Waals surface area (Å²) in [6.07, 6.45) is 3.36. The van der Waals surface area contributed by atoms with E-state index in [-0.39, 0.29) is 31.5 Å². The van der Waals surface area contributed by atoms with Crippen LogP contribution in [0.1, 0.15) is 17.9 Å². The molecule has 4 N–H and O–H groups in total. The van der Waals surface area contributed by atoms with Gasteiger partial charge in [0.15, 0.2) is 5.76 Å². The van der Waals surface area contributed by atoms with E-state index in [1.54, 1.807) is 36.6 Å². The first-order chi connectivity index (χ1) is 15.7. The molecule has 0 saturated heterocycles. The number of carbonyl (C=O) groups is 1. The lowest BCUT2D eigenvalue weighted by Gasteiger charge is -2.29. The Labute approximate surface area is 185 Å². The average Bonchev–Trinajstić information content (AvgIpc) is 3.24. The quantitative estimate of drug-likeness (QED) is 0.346. The second-order valence-electron chi connectivity index (χ2n) is 7.36. The van der Waals surface area contributed by atoms with Crippen LogP contribution in [0.4, 0.5) is 11.4 Å². The van der Waals surface area contributed by atoms with Crippen molar-refractivity contribution in [3.8, 4) is 0 Å². The Bertz CT molecular complexity index is 1090. The summed E-state index contributed by atoms with van der Waals surface area (Å²) in [4.78, 5) is 13.0. The third kappa shape index (κ3) is 5.11. The number of hydrogen-bond donors (Lipinski definition) is 3. The molecule has 1 aliphatic rings. The fraction of sp³-hybridized carbons (Fsp3) is 0.292. The van der Waals surface area contributed by atoms with Gasteiger partial charge in [0.25, 0.3) is 5.91 Å². The zero-order chi connectivity index (χ0) is 22.3. The van der Waals surface area contributed by atoms with E-state index in [9.17, 15) is 4.79 Å². The van der Waals surface area contributed by atoms with E-state index < -0.39 is 12.2 Å². The van der Waals surface area contributed by atoms with Crippen LogP contribution in [0.3, 0.4) is 0 Å². The first-order valence-corrected chi connectivity index (χ1v) is 10.5. The number of aliphatic hydroxyl groups excluding tert-OH is 1. The summed E-state index contributed by atoms with van der Waals surface area (Å²) in [5.74, 6) is -0.411. The van der Waals surface area contributed by atoms with Gasteiger partial charge >= 0.3 is 0 Å². The molecule has 2 heterocycles. The van der Waals surface area contributed by atoms with E-state index in [1.807, 2.05) is 24.3 Å². The number of ether oxygens (including phenoxy) is 3. The molecule has 0 spiro atoms. The molecule has 1 aromatic heterocycles. The molecule has 0 bridgehead atoms. The van der Waals surface area contributed by atoms with Crippen molar-refractivity contribution in [3.63, 3.8) is 0 Å². The van der Waals surface area contributed by atoms with Gasteiger partial charge in [0.05, 0.1) is 44.1 Å². The molecule has 0 saturated carbocycles. The summed E-state index contributed by atoms with van der Waals surface area (Å²) in [7, 11) is 0. The fourth-order valence-corrected chi connectivity index (χ4v) is 3.62. The predicted octanol–water partition coefficient (Wildman–Crippen LogP) is 3.39. The summed E-state index contributed by atoms with van der Waals surface area (Å²) in [5.41, 5.74) is 8.66. The van der Waals surface area contributed by atoms with Gasteiger partial charge in [0.1, 0.15) is 5.58 Å². The number of aliphatic hydroxyl groups is 1. The van der Waals surface area contributed by atoms with E-state index in [2.05, 4.69) is 5.32 Å². The van der Waals surface area contributed by atoms with Crippen LogP contribution in [0.25, 0.3) is 11.0 Å². The largest absolute Gasteiger partial charge is 0.464 e. The number of rotatable bonds is 9. The van der Waals surface area contributed by atoms with Crippen molar-refractivity contribution in [2.24, 2.45) is 0 Å². The van der Waals surface area contributed by atoms with Crippen molar-refractivity contribution in [3.05, 3.63) is 72.2 Å². The number of nitrogens with one attached hydrogen (secondary N) is 1. The van der Waals surface area contributed by atoms with Crippen LogP contribution in [-0.2, 0) is 19.0 Å². The van der Waals surface area contributed by atoms with Gasteiger partial charge in [0, 0.05) is 23.3 Å². The average molecular weight is 438 g/mol. The summed E-state index contributed by atoms with van der Waals surface area (Å²) in [5, 5.41) is 12.6. The number of fused-ring (bicyclic) bond motifs is 1. The molecular weight excluding hydrogens is 412 g/mol. The molecule has 2 aromatic carbocycles. The lowest BCUT2D eigenvalue weighted by molar-refractivity contribution is -0.148. The zero-order valence-electron chi connectivity index (χ0n) is 17.5. The molecule has 1 aliphatic heterocycles. The maximum absolute atomic E-state index is 13.0. The van der Waals surface area contributed by atoms with Crippen LogP contribution in [0.5, 0.6) is 0 Å². The molecule has 0 aliphatic carbocycles. The second-order valence-corrected chi connectivity index (χ2v) is 7.36. The molecule has 2 atom stereocenters. The third-order valence-corrected chi connectivity index (χ3v) is 5.17. The summed E-state index contributed by atoms with van der Waals surface area (Å²) in [6.45, 7) is 0.769. The SMILES string of the molecule is Nc1ccccc1NC(=O)C1=C[C@@H](c2coc3ccccc23)C[C@@H](OCCOCCO)O1. The van der Waals surface area contributed by atoms with Crippen molar-refractivity contribution in [1.82, 2.24) is 0 Å². The summed E-state index contributed by atoms with van der Waals surface area (Å²) in [6, 6.07) is 14.8. The highest BCUT2D eigenvalue weighted by Gasteiger charge is 2.30. The monoisotopic (exact) mass is 438 g/mol. The Balaban J connectivity index is 1.55. The van der Waals surface area contributed by atoms with E-state index in [0.29, 0.717) is 24.4 Å². The maximum Gasteiger partial charge on any atom is 0.290 e. The first-order valence-electron chi connectivity index (χ1n) is 10.5. The topological polar surface area (TPSA) is 116 Å². The Morgan fingerprint density at radius 1 is 1.12 bits per heavy atom. The molecule has 8 nitrogen and oxygen atoms in total. The van der Waals surface area contributed by atoms with Gasteiger partial charge in [-0.2, -0.15) is 0 Å². The second kappa shape index (κ2) is 10.3. The number of para-hydroxylation sites is 3. The van der Waals surface area contributed by atoms with Crippen molar-refractivity contribution in [1.29, 1.82) is 0 Å². The van der Waals surface area contributed by atoms with Gasteiger partial charge in [-0.05, 0) is 24.3 Å². The molecule has 32 heavy (non-hydrogen) atoms. The van der Waals surface area contributed by atoms with Crippen LogP contribution in [0, 0.1) is 0 Å². The molecule has 168 valence electrons. The number of allylic oxidation sites excluding steroid dienone is 1. The number of carbonyl (C=O) groups excluding carboxylic acids is 1. The van der Waals surface area contributed by atoms with Gasteiger partial charge in [-0.1, -0.05) is 30.3 Å². The minimum Gasteiger partial charge on any atom is -0.464 e. The molecule has 0 radical (unpaired) electrons. The Kier molecular flexibility index (Phi) is 7.06. The summed E-state index contributed by atoms with van der Waals surface area (Å²) < 4.78 is 22.6. The standard InChI is InChI=1S/C24H26N2O6/c25-19-6-2-3-7-20(19)26-24(28)22-13-16(14-23(32-22)30-12-11-29-10-9-27)18-15-31-21-8-4-1-5-17(18)21/h1-8,13,15-16,23,27H,9-12,14,25H2,(H,26,28)/t16-,23+/m1/s1. The van der Waals surface area contributed by atoms with Gasteiger partial charge in [-0.3, -0.25) is 4.79 Å². The van der Waals surface area contributed by atoms with Crippen molar-refractivity contribution < 1.29 is 28.5 Å². The number of furan rings is 1. The Morgan fingerprint density at radius 3 is 2.78 bits per heavy atom. The highest BCUT2D eigenvalue weighted by molar-refractivity contribution is 6.04. The lowest BCUT2D eigenvalue weighted by Crippen LogP contribution is -2.30. The molecule has 3 aromatic rings. The number of benzene rings is 2. The van der Waals surface area contributed by atoms with Gasteiger partial charge in [-0.25, -0.2) is 0 Å². The van der Waals surface area contributed by atoms with Crippen molar-refractivity contribution in [2.45, 2.75) is 18.6 Å². The Hall–Kier alpha value is -3.33. The van der Waals surface area contributed by atoms with Crippen LogP contribution < -0.4 is 11.1 Å². The maximum atomic E-state index is 13.0. The van der Waals surface area contributed by atoms with Crippen molar-refractivity contribution in [2.75, 3.05) is 37.5 Å². The van der Waals surface area contributed by atoms with Crippen LogP contribution in [0.2, 0.25) is 0 Å². The summed E-state index contributed by atoms with van der Waals surface area (Å²) >= 11 is 0. The minimum atomic E-state index is -0.648. The number of anilines is 2. The molecular formula is C24H26N2O6. The highest BCUT2D eigenvalue weighted by atomic mass is 16.7. The lowest BCUT2D eigenvalue weighted by atomic mass is 9.92. The fourth-order valence-electron chi connectivity index (χ4n) is 3.62. The molecule has 8 heteroatoms. The molecule has 0 unspecified atom stereocenters. The van der Waals surface area contributed by atoms with Crippen LogP contribution >= 0.6 is 0 Å². The predicted molar refractivity (Wildman–Crippen MR) is 120 cm³/mol. The van der Waals surface area contributed by atoms with Gasteiger partial charge < -0.3 is 34.8 Å². The first kappa shape index (κ1) is 21.9. The third-order valence-electron chi connectivity index (χ3n) is 5.17.